The highest BCUT2D eigenvalue weighted by molar-refractivity contribution is 9.10. The first-order valence-electron chi connectivity index (χ1n) is 11.8. The molecule has 0 aliphatic carbocycles. The minimum atomic E-state index is -1.03. The van der Waals surface area contributed by atoms with Gasteiger partial charge in [0.1, 0.15) is 24.2 Å². The molecule has 1 heterocycles. The number of ether oxygens (including phenoxy) is 1. The van der Waals surface area contributed by atoms with E-state index in [4.69, 9.17) is 9.15 Å². The summed E-state index contributed by atoms with van der Waals surface area (Å²) in [7, 11) is 0. The molecule has 0 radical (unpaired) electrons. The van der Waals surface area contributed by atoms with Gasteiger partial charge < -0.3 is 13.7 Å². The summed E-state index contributed by atoms with van der Waals surface area (Å²) in [6.07, 6.45) is 12.8. The molecule has 0 fully saturated rings. The fraction of sp³-hybridized carbons (Fsp3) is 0.429. The highest BCUT2D eigenvalue weighted by Gasteiger charge is 2.13. The predicted molar refractivity (Wildman–Crippen MR) is 154 cm³/mol. The summed E-state index contributed by atoms with van der Waals surface area (Å²) in [5.41, 5.74) is 4.04. The van der Waals surface area contributed by atoms with E-state index in [0.29, 0.717) is 12.5 Å². The summed E-state index contributed by atoms with van der Waals surface area (Å²) in [6, 6.07) is 12.3. The molecular formula is C28H37BrO3S2. The van der Waals surface area contributed by atoms with Crippen molar-refractivity contribution in [2.24, 2.45) is 0 Å². The molecule has 0 saturated carbocycles. The van der Waals surface area contributed by atoms with Crippen molar-refractivity contribution in [3.05, 3.63) is 68.1 Å². The van der Waals surface area contributed by atoms with Gasteiger partial charge in [0.15, 0.2) is 4.24 Å². The lowest BCUT2D eigenvalue weighted by Crippen LogP contribution is -2.01. The van der Waals surface area contributed by atoms with Crippen LogP contribution in [0.2, 0.25) is 0 Å². The van der Waals surface area contributed by atoms with Crippen molar-refractivity contribution in [2.75, 3.05) is 12.5 Å². The molecule has 0 saturated heterocycles. The van der Waals surface area contributed by atoms with Crippen LogP contribution in [0, 0.1) is 0 Å². The highest BCUT2D eigenvalue weighted by Crippen LogP contribution is 2.32. The van der Waals surface area contributed by atoms with Gasteiger partial charge in [0, 0.05) is 17.0 Å². The van der Waals surface area contributed by atoms with Gasteiger partial charge in [0.05, 0.1) is 10.7 Å². The number of unbranched alkanes of at least 4 members (excludes halogenated alkanes) is 3. The zero-order valence-electron chi connectivity index (χ0n) is 21.2. The largest absolute Gasteiger partial charge is 0.611 e. The third-order valence-corrected chi connectivity index (χ3v) is 8.38. The van der Waals surface area contributed by atoms with Gasteiger partial charge in [0.2, 0.25) is 0 Å². The normalized spacial score (nSPS) is 12.6. The van der Waals surface area contributed by atoms with E-state index in [0.717, 1.165) is 36.6 Å². The predicted octanol–water partition coefficient (Wildman–Crippen LogP) is 9.52. The molecule has 186 valence electrons. The molecule has 0 spiro atoms. The highest BCUT2D eigenvalue weighted by atomic mass is 79.9. The molecular weight excluding hydrogens is 528 g/mol. The molecule has 0 amide bonds. The van der Waals surface area contributed by atoms with Crippen molar-refractivity contribution in [1.82, 2.24) is 0 Å². The van der Waals surface area contributed by atoms with Gasteiger partial charge in [0.25, 0.3) is 0 Å². The third-order valence-electron chi connectivity index (χ3n) is 5.38. The van der Waals surface area contributed by atoms with Gasteiger partial charge in [-0.2, -0.15) is 0 Å². The summed E-state index contributed by atoms with van der Waals surface area (Å²) >= 11 is 4.03. The number of rotatable bonds is 10. The van der Waals surface area contributed by atoms with Gasteiger partial charge in [-0.25, -0.2) is 0 Å². The molecule has 2 aromatic carbocycles. The van der Waals surface area contributed by atoms with Crippen molar-refractivity contribution in [3.8, 4) is 5.75 Å². The van der Waals surface area contributed by atoms with Crippen molar-refractivity contribution in [3.63, 3.8) is 0 Å². The van der Waals surface area contributed by atoms with E-state index < -0.39 is 11.2 Å². The van der Waals surface area contributed by atoms with Crippen LogP contribution >= 0.6 is 27.7 Å². The number of benzene rings is 2. The molecule has 1 atom stereocenters. The first-order chi connectivity index (χ1) is 16.3. The van der Waals surface area contributed by atoms with Crippen LogP contribution in [0.3, 0.4) is 0 Å². The number of furan rings is 1. The fourth-order valence-corrected chi connectivity index (χ4v) is 5.47. The summed E-state index contributed by atoms with van der Waals surface area (Å²) < 4.78 is 25.4. The summed E-state index contributed by atoms with van der Waals surface area (Å²) in [6.45, 7) is 9.22. The lowest BCUT2D eigenvalue weighted by atomic mass is 10.0. The van der Waals surface area contributed by atoms with Gasteiger partial charge >= 0.3 is 0 Å². The van der Waals surface area contributed by atoms with E-state index in [9.17, 15) is 4.55 Å². The summed E-state index contributed by atoms with van der Waals surface area (Å²) in [5.74, 6) is 1.20. The van der Waals surface area contributed by atoms with Gasteiger partial charge in [-0.1, -0.05) is 77.3 Å². The molecule has 3 aromatic rings. The molecule has 34 heavy (non-hydrogen) atoms. The zero-order chi connectivity index (χ0) is 25.1. The number of fused-ring (bicyclic) bond motifs is 1. The molecule has 0 N–H and O–H groups in total. The topological polar surface area (TPSA) is 45.4 Å². The average molecular weight is 566 g/mol. The number of halogens is 1. The quantitative estimate of drug-likeness (QED) is 0.181. The Bertz CT molecular complexity index is 1050. The van der Waals surface area contributed by atoms with Crippen LogP contribution in [-0.2, 0) is 17.8 Å². The number of hydrogen-bond acceptors (Lipinski definition) is 4. The second kappa shape index (κ2) is 14.9. The molecule has 0 aliphatic heterocycles. The standard InChI is InChI=1S/C22H23BrO3S2.C6H14/c1-14(2)16-5-6-17(12-21(27-3)28(4)24)20(11-16)26-13-15-9-18-7-8-25-22(18)19(23)10-15;1-3-5-6-4-2/h5-12,14H,13H2,1-4H3;3-6H2,1-2H3/b21-12+;. The van der Waals surface area contributed by atoms with Crippen LogP contribution in [0.25, 0.3) is 17.0 Å². The van der Waals surface area contributed by atoms with E-state index in [2.05, 4.69) is 61.8 Å². The van der Waals surface area contributed by atoms with Gasteiger partial charge in [-0.15, -0.1) is 0 Å². The second-order valence-electron chi connectivity index (χ2n) is 8.49. The van der Waals surface area contributed by atoms with Gasteiger partial charge in [-0.05, 0) is 74.7 Å². The van der Waals surface area contributed by atoms with Crippen molar-refractivity contribution >= 4 is 55.9 Å². The molecule has 1 aromatic heterocycles. The maximum absolute atomic E-state index is 11.9. The Morgan fingerprint density at radius 3 is 2.44 bits per heavy atom. The van der Waals surface area contributed by atoms with E-state index in [1.54, 1.807) is 12.5 Å². The number of hydrogen-bond donors (Lipinski definition) is 0. The molecule has 3 rings (SSSR count). The Morgan fingerprint density at radius 2 is 1.85 bits per heavy atom. The summed E-state index contributed by atoms with van der Waals surface area (Å²) in [5, 5.41) is 1.04. The maximum Gasteiger partial charge on any atom is 0.186 e. The van der Waals surface area contributed by atoms with Crippen LogP contribution in [0.15, 0.2) is 55.8 Å². The first-order valence-corrected chi connectivity index (χ1v) is 15.4. The Morgan fingerprint density at radius 1 is 1.15 bits per heavy atom. The van der Waals surface area contributed by atoms with E-state index in [1.165, 1.54) is 43.0 Å². The number of thioether (sulfide) groups is 1. The van der Waals surface area contributed by atoms with Crippen LogP contribution in [0.1, 0.15) is 76.0 Å². The van der Waals surface area contributed by atoms with Crippen LogP contribution in [0.5, 0.6) is 5.75 Å². The SMILES string of the molecule is CCCCCC.CS/C(=C\c1ccc(C(C)C)cc1OCc1cc(Br)c2occc2c1)[S+](C)[O-]. The molecule has 3 nitrogen and oxygen atoms in total. The fourth-order valence-electron chi connectivity index (χ4n) is 3.38. The minimum absolute atomic E-state index is 0.400. The van der Waals surface area contributed by atoms with Crippen LogP contribution in [0.4, 0.5) is 0 Å². The van der Waals surface area contributed by atoms with E-state index in [1.807, 2.05) is 30.5 Å². The first kappa shape index (κ1) is 28.9. The van der Waals surface area contributed by atoms with E-state index in [-0.39, 0.29) is 0 Å². The third kappa shape index (κ3) is 8.71. The summed E-state index contributed by atoms with van der Waals surface area (Å²) in [4.78, 5) is 0. The Balaban J connectivity index is 0.000000604. The van der Waals surface area contributed by atoms with Crippen molar-refractivity contribution in [1.29, 1.82) is 0 Å². The second-order valence-corrected chi connectivity index (χ2v) is 11.8. The lowest BCUT2D eigenvalue weighted by molar-refractivity contribution is 0.305. The van der Waals surface area contributed by atoms with Crippen LogP contribution < -0.4 is 4.74 Å². The Labute approximate surface area is 221 Å². The molecule has 0 bridgehead atoms. The molecule has 6 heteroatoms. The van der Waals surface area contributed by atoms with Crippen molar-refractivity contribution < 1.29 is 13.7 Å². The minimum Gasteiger partial charge on any atom is -0.611 e. The molecule has 1 unspecified atom stereocenters. The average Bonchev–Trinajstić information content (AvgIpc) is 3.29. The monoisotopic (exact) mass is 564 g/mol. The van der Waals surface area contributed by atoms with Crippen LogP contribution in [-0.4, -0.2) is 17.1 Å². The smallest absolute Gasteiger partial charge is 0.186 e. The molecule has 0 aliphatic rings. The Kier molecular flexibility index (Phi) is 12.7. The zero-order valence-corrected chi connectivity index (χ0v) is 24.4. The van der Waals surface area contributed by atoms with E-state index >= 15 is 0 Å². The van der Waals surface area contributed by atoms with Crippen molar-refractivity contribution in [2.45, 2.75) is 65.9 Å². The lowest BCUT2D eigenvalue weighted by Gasteiger charge is -2.14. The maximum atomic E-state index is 11.9. The van der Waals surface area contributed by atoms with Gasteiger partial charge in [-0.3, -0.25) is 0 Å². The Hall–Kier alpha value is -1.34.